The Morgan fingerprint density at radius 2 is 2.00 bits per heavy atom. The summed E-state index contributed by atoms with van der Waals surface area (Å²) in [6, 6.07) is 6.27. The van der Waals surface area contributed by atoms with Crippen molar-refractivity contribution in [3.05, 3.63) is 29.0 Å². The number of rotatable bonds is 3. The van der Waals surface area contributed by atoms with Crippen LogP contribution in [0.5, 0.6) is 0 Å². The van der Waals surface area contributed by atoms with Crippen LogP contribution < -0.4 is 5.32 Å². The zero-order valence-electron chi connectivity index (χ0n) is 12.3. The van der Waals surface area contributed by atoms with Gasteiger partial charge in [0.15, 0.2) is 0 Å². The van der Waals surface area contributed by atoms with Crippen LogP contribution in [0.1, 0.15) is 46.5 Å². The first-order valence-corrected chi connectivity index (χ1v) is 7.07. The Labute approximate surface area is 120 Å². The molecule has 1 heterocycles. The molecule has 0 aliphatic heterocycles. The quantitative estimate of drug-likeness (QED) is 0.914. The predicted molar refractivity (Wildman–Crippen MR) is 81.7 cm³/mol. The van der Waals surface area contributed by atoms with E-state index < -0.39 is 0 Å². The third-order valence-electron chi connectivity index (χ3n) is 3.02. The van der Waals surface area contributed by atoms with Gasteiger partial charge >= 0.3 is 0 Å². The van der Waals surface area contributed by atoms with Crippen molar-refractivity contribution in [2.75, 3.05) is 0 Å². The van der Waals surface area contributed by atoms with Crippen LogP contribution in [0.2, 0.25) is 5.02 Å². The van der Waals surface area contributed by atoms with Gasteiger partial charge in [-0.05, 0) is 52.8 Å². The number of nitrogens with zero attached hydrogens (tertiary/aromatic N) is 2. The Bertz CT molecular complexity index is 579. The smallest absolute Gasteiger partial charge is 0.124 e. The van der Waals surface area contributed by atoms with Crippen molar-refractivity contribution in [2.24, 2.45) is 0 Å². The number of fused-ring (bicyclic) bond motifs is 1. The van der Waals surface area contributed by atoms with E-state index in [1.807, 2.05) is 18.2 Å². The van der Waals surface area contributed by atoms with Crippen molar-refractivity contribution in [1.29, 1.82) is 0 Å². The lowest BCUT2D eigenvalue weighted by atomic mass is 10.1. The van der Waals surface area contributed by atoms with Crippen LogP contribution in [-0.4, -0.2) is 15.1 Å². The van der Waals surface area contributed by atoms with E-state index in [0.29, 0.717) is 6.04 Å². The van der Waals surface area contributed by atoms with Gasteiger partial charge in [-0.3, -0.25) is 0 Å². The summed E-state index contributed by atoms with van der Waals surface area (Å²) in [4.78, 5) is 4.71. The fourth-order valence-electron chi connectivity index (χ4n) is 2.17. The highest BCUT2D eigenvalue weighted by Gasteiger charge is 2.16. The summed E-state index contributed by atoms with van der Waals surface area (Å²) in [5.41, 5.74) is 2.19. The van der Waals surface area contributed by atoms with Crippen LogP contribution in [-0.2, 0) is 6.54 Å². The Morgan fingerprint density at radius 1 is 1.32 bits per heavy atom. The second-order valence-electron chi connectivity index (χ2n) is 6.23. The van der Waals surface area contributed by atoms with E-state index in [1.54, 1.807) is 0 Å². The van der Waals surface area contributed by atoms with Crippen molar-refractivity contribution in [2.45, 2.75) is 52.7 Å². The number of hydrogen-bond acceptors (Lipinski definition) is 2. The number of imidazole rings is 1. The molecule has 19 heavy (non-hydrogen) atoms. The average Bonchev–Trinajstić information content (AvgIpc) is 2.62. The molecular weight excluding hydrogens is 258 g/mol. The number of nitrogens with one attached hydrogen (secondary N) is 1. The SMILES string of the molecule is CC(C)n1c(CNC(C)(C)C)nc2cc(Cl)ccc21. The lowest BCUT2D eigenvalue weighted by molar-refractivity contribution is 0.408. The minimum Gasteiger partial charge on any atom is -0.324 e. The van der Waals surface area contributed by atoms with Gasteiger partial charge in [0.1, 0.15) is 5.82 Å². The molecule has 2 aromatic rings. The van der Waals surface area contributed by atoms with E-state index in [1.165, 1.54) is 0 Å². The monoisotopic (exact) mass is 279 g/mol. The van der Waals surface area contributed by atoms with Crippen molar-refractivity contribution in [3.63, 3.8) is 0 Å². The van der Waals surface area contributed by atoms with Crippen LogP contribution in [0.4, 0.5) is 0 Å². The molecular formula is C15H22ClN3. The van der Waals surface area contributed by atoms with Gasteiger partial charge in [0.25, 0.3) is 0 Å². The maximum atomic E-state index is 6.04. The van der Waals surface area contributed by atoms with Gasteiger partial charge in [0.05, 0.1) is 17.6 Å². The zero-order chi connectivity index (χ0) is 14.2. The van der Waals surface area contributed by atoms with E-state index in [0.717, 1.165) is 28.4 Å². The summed E-state index contributed by atoms with van der Waals surface area (Å²) in [5, 5.41) is 4.23. The Balaban J connectivity index is 2.44. The third kappa shape index (κ3) is 3.28. The van der Waals surface area contributed by atoms with Crippen LogP contribution in [0.15, 0.2) is 18.2 Å². The van der Waals surface area contributed by atoms with E-state index in [9.17, 15) is 0 Å². The number of aromatic nitrogens is 2. The molecule has 0 saturated heterocycles. The highest BCUT2D eigenvalue weighted by molar-refractivity contribution is 6.31. The van der Waals surface area contributed by atoms with Gasteiger partial charge in [0, 0.05) is 16.6 Å². The van der Waals surface area contributed by atoms with Crippen molar-refractivity contribution < 1.29 is 0 Å². The number of benzene rings is 1. The second-order valence-corrected chi connectivity index (χ2v) is 6.66. The van der Waals surface area contributed by atoms with Gasteiger partial charge in [-0.15, -0.1) is 0 Å². The maximum Gasteiger partial charge on any atom is 0.124 e. The standard InChI is InChI=1S/C15H22ClN3/c1-10(2)19-13-7-6-11(16)8-12(13)18-14(19)9-17-15(3,4)5/h6-8,10,17H,9H2,1-5H3. The molecule has 1 N–H and O–H groups in total. The Morgan fingerprint density at radius 3 is 2.58 bits per heavy atom. The van der Waals surface area contributed by atoms with Crippen molar-refractivity contribution >= 4 is 22.6 Å². The third-order valence-corrected chi connectivity index (χ3v) is 3.25. The minimum atomic E-state index is 0.0809. The molecule has 0 aliphatic rings. The lowest BCUT2D eigenvalue weighted by Gasteiger charge is -2.21. The van der Waals surface area contributed by atoms with Crippen LogP contribution >= 0.6 is 11.6 Å². The van der Waals surface area contributed by atoms with E-state index in [4.69, 9.17) is 16.6 Å². The Hall–Kier alpha value is -1.06. The highest BCUT2D eigenvalue weighted by Crippen LogP contribution is 2.24. The zero-order valence-corrected chi connectivity index (χ0v) is 13.0. The molecule has 1 aromatic carbocycles. The van der Waals surface area contributed by atoms with Crippen LogP contribution in [0, 0.1) is 0 Å². The minimum absolute atomic E-state index is 0.0809. The molecule has 3 nitrogen and oxygen atoms in total. The normalized spacial score (nSPS) is 12.6. The molecule has 0 amide bonds. The van der Waals surface area contributed by atoms with Gasteiger partial charge in [-0.1, -0.05) is 11.6 Å². The molecule has 1 aromatic heterocycles. The van der Waals surface area contributed by atoms with Gasteiger partial charge in [-0.25, -0.2) is 4.98 Å². The van der Waals surface area contributed by atoms with Gasteiger partial charge in [0.2, 0.25) is 0 Å². The molecule has 0 bridgehead atoms. The molecule has 0 radical (unpaired) electrons. The summed E-state index contributed by atoms with van der Waals surface area (Å²) in [7, 11) is 0. The summed E-state index contributed by atoms with van der Waals surface area (Å²) in [6.45, 7) is 11.6. The lowest BCUT2D eigenvalue weighted by Crippen LogP contribution is -2.36. The Kier molecular flexibility index (Phi) is 3.88. The summed E-state index contributed by atoms with van der Waals surface area (Å²) in [6.07, 6.45) is 0. The summed E-state index contributed by atoms with van der Waals surface area (Å²) < 4.78 is 2.27. The molecule has 0 aliphatic carbocycles. The molecule has 0 atom stereocenters. The van der Waals surface area contributed by atoms with E-state index in [-0.39, 0.29) is 5.54 Å². The van der Waals surface area contributed by atoms with Gasteiger partial charge < -0.3 is 9.88 Å². The van der Waals surface area contributed by atoms with E-state index in [2.05, 4.69) is 44.5 Å². The first-order chi connectivity index (χ1) is 8.78. The van der Waals surface area contributed by atoms with Crippen molar-refractivity contribution in [1.82, 2.24) is 14.9 Å². The first kappa shape index (κ1) is 14.4. The first-order valence-electron chi connectivity index (χ1n) is 6.69. The van der Waals surface area contributed by atoms with E-state index >= 15 is 0 Å². The fraction of sp³-hybridized carbons (Fsp3) is 0.533. The highest BCUT2D eigenvalue weighted by atomic mass is 35.5. The molecule has 0 fully saturated rings. The topological polar surface area (TPSA) is 29.9 Å². The van der Waals surface area contributed by atoms with Crippen LogP contribution in [0.3, 0.4) is 0 Å². The molecule has 2 rings (SSSR count). The molecule has 0 saturated carbocycles. The number of hydrogen-bond donors (Lipinski definition) is 1. The summed E-state index contributed by atoms with van der Waals surface area (Å²) in [5.74, 6) is 1.06. The fourth-order valence-corrected chi connectivity index (χ4v) is 2.33. The van der Waals surface area contributed by atoms with Crippen LogP contribution in [0.25, 0.3) is 11.0 Å². The number of halogens is 1. The molecule has 0 spiro atoms. The maximum absolute atomic E-state index is 6.04. The van der Waals surface area contributed by atoms with Gasteiger partial charge in [-0.2, -0.15) is 0 Å². The molecule has 104 valence electrons. The molecule has 4 heteroatoms. The van der Waals surface area contributed by atoms with Crippen molar-refractivity contribution in [3.8, 4) is 0 Å². The largest absolute Gasteiger partial charge is 0.324 e. The average molecular weight is 280 g/mol. The predicted octanol–water partition coefficient (Wildman–Crippen LogP) is 4.16. The summed E-state index contributed by atoms with van der Waals surface area (Å²) >= 11 is 6.04. The second kappa shape index (κ2) is 5.14. The molecule has 0 unspecified atom stereocenters.